The van der Waals surface area contributed by atoms with E-state index in [2.05, 4.69) is 0 Å². The molecule has 4 heteroatoms. The molecule has 0 bridgehead atoms. The van der Waals surface area contributed by atoms with Crippen molar-refractivity contribution in [2.75, 3.05) is 13.9 Å². The zero-order valence-corrected chi connectivity index (χ0v) is 8.24. The van der Waals surface area contributed by atoms with Crippen molar-refractivity contribution in [3.8, 4) is 11.5 Å². The molecule has 0 fully saturated rings. The van der Waals surface area contributed by atoms with Gasteiger partial charge in [-0.3, -0.25) is 0 Å². The first kappa shape index (κ1) is 9.30. The summed E-state index contributed by atoms with van der Waals surface area (Å²) in [5.74, 6) is 1.51. The van der Waals surface area contributed by atoms with Gasteiger partial charge in [-0.15, -0.1) is 0 Å². The molecule has 0 saturated heterocycles. The Balaban J connectivity index is 2.42. The maximum absolute atomic E-state index is 5.77. The number of fused-ring (bicyclic) bond motifs is 1. The Bertz CT molecular complexity index is 351. The van der Waals surface area contributed by atoms with Crippen molar-refractivity contribution in [3.05, 3.63) is 23.3 Å². The normalized spacial score (nSPS) is 15.6. The van der Waals surface area contributed by atoms with Crippen LogP contribution in [0.5, 0.6) is 11.5 Å². The molecule has 0 spiro atoms. The Morgan fingerprint density at radius 3 is 2.64 bits per heavy atom. The van der Waals surface area contributed by atoms with Crippen molar-refractivity contribution >= 4 is 0 Å². The van der Waals surface area contributed by atoms with Gasteiger partial charge < -0.3 is 19.9 Å². The van der Waals surface area contributed by atoms with Gasteiger partial charge in [0, 0.05) is 12.7 Å². The monoisotopic (exact) mass is 195 g/mol. The number of benzene rings is 1. The highest BCUT2D eigenvalue weighted by atomic mass is 16.7. The maximum atomic E-state index is 5.77. The van der Waals surface area contributed by atoms with E-state index >= 15 is 0 Å². The van der Waals surface area contributed by atoms with E-state index in [4.69, 9.17) is 19.9 Å². The fourth-order valence-electron chi connectivity index (χ4n) is 1.49. The van der Waals surface area contributed by atoms with Crippen LogP contribution in [0.2, 0.25) is 0 Å². The van der Waals surface area contributed by atoms with Crippen LogP contribution in [0.25, 0.3) is 0 Å². The smallest absolute Gasteiger partial charge is 0.231 e. The number of rotatable bonds is 2. The zero-order chi connectivity index (χ0) is 10.1. The van der Waals surface area contributed by atoms with Crippen LogP contribution in [0.15, 0.2) is 12.1 Å². The molecule has 0 radical (unpaired) electrons. The van der Waals surface area contributed by atoms with E-state index in [-0.39, 0.29) is 6.79 Å². The van der Waals surface area contributed by atoms with Gasteiger partial charge in [-0.25, -0.2) is 0 Å². The molecule has 14 heavy (non-hydrogen) atoms. The highest BCUT2D eigenvalue weighted by molar-refractivity contribution is 5.48. The second-order valence-corrected chi connectivity index (χ2v) is 3.22. The van der Waals surface area contributed by atoms with Crippen molar-refractivity contribution in [1.29, 1.82) is 0 Å². The molecule has 4 nitrogen and oxygen atoms in total. The molecule has 2 N–H and O–H groups in total. The van der Waals surface area contributed by atoms with Gasteiger partial charge in [0.2, 0.25) is 6.79 Å². The number of ether oxygens (including phenoxy) is 3. The van der Waals surface area contributed by atoms with E-state index in [0.717, 1.165) is 22.6 Å². The van der Waals surface area contributed by atoms with Crippen LogP contribution in [0.4, 0.5) is 0 Å². The van der Waals surface area contributed by atoms with Crippen LogP contribution in [-0.2, 0) is 4.74 Å². The van der Waals surface area contributed by atoms with Gasteiger partial charge in [-0.05, 0) is 24.6 Å². The Morgan fingerprint density at radius 2 is 2.00 bits per heavy atom. The molecule has 1 atom stereocenters. The van der Waals surface area contributed by atoms with Gasteiger partial charge in [0.25, 0.3) is 0 Å². The van der Waals surface area contributed by atoms with Crippen molar-refractivity contribution < 1.29 is 14.2 Å². The summed E-state index contributed by atoms with van der Waals surface area (Å²) < 4.78 is 15.6. The van der Waals surface area contributed by atoms with Gasteiger partial charge in [0.15, 0.2) is 11.5 Å². The quantitative estimate of drug-likeness (QED) is 0.723. The Hall–Kier alpha value is -1.26. The minimum Gasteiger partial charge on any atom is -0.454 e. The van der Waals surface area contributed by atoms with E-state index in [1.165, 1.54) is 0 Å². The van der Waals surface area contributed by atoms with Crippen molar-refractivity contribution in [2.45, 2.75) is 13.2 Å². The summed E-state index contributed by atoms with van der Waals surface area (Å²) in [5.41, 5.74) is 7.74. The summed E-state index contributed by atoms with van der Waals surface area (Å²) in [6, 6.07) is 3.78. The molecule has 0 saturated carbocycles. The predicted molar refractivity (Wildman–Crippen MR) is 51.2 cm³/mol. The topological polar surface area (TPSA) is 53.7 Å². The summed E-state index contributed by atoms with van der Waals surface area (Å²) in [4.78, 5) is 0. The molecular weight excluding hydrogens is 182 g/mol. The lowest BCUT2D eigenvalue weighted by Crippen LogP contribution is -2.13. The molecule has 76 valence electrons. The highest BCUT2D eigenvalue weighted by Crippen LogP contribution is 2.36. The van der Waals surface area contributed by atoms with Crippen molar-refractivity contribution in [3.63, 3.8) is 0 Å². The van der Waals surface area contributed by atoms with Crippen molar-refractivity contribution in [1.82, 2.24) is 0 Å². The molecule has 1 unspecified atom stereocenters. The second-order valence-electron chi connectivity index (χ2n) is 3.22. The van der Waals surface area contributed by atoms with E-state index in [1.807, 2.05) is 19.1 Å². The first-order chi connectivity index (χ1) is 6.72. The van der Waals surface area contributed by atoms with E-state index in [9.17, 15) is 0 Å². The number of hydrogen-bond acceptors (Lipinski definition) is 4. The fourth-order valence-corrected chi connectivity index (χ4v) is 1.49. The number of aryl methyl sites for hydroxylation is 1. The van der Waals surface area contributed by atoms with Gasteiger partial charge in [-0.1, -0.05) is 0 Å². The molecular formula is C10H13NO3. The second kappa shape index (κ2) is 3.48. The standard InChI is InChI=1S/C10H13NO3/c1-6-3-8-9(14-5-13-8)4-7(6)10(11)12-2/h3-4,10H,5,11H2,1-2H3. The van der Waals surface area contributed by atoms with Crippen LogP contribution < -0.4 is 15.2 Å². The Kier molecular flexibility index (Phi) is 2.31. The first-order valence-electron chi connectivity index (χ1n) is 4.41. The van der Waals surface area contributed by atoms with Crippen LogP contribution in [0, 0.1) is 6.92 Å². The van der Waals surface area contributed by atoms with Crippen LogP contribution in [0.3, 0.4) is 0 Å². The van der Waals surface area contributed by atoms with E-state index < -0.39 is 6.23 Å². The summed E-state index contributed by atoms with van der Waals surface area (Å²) in [7, 11) is 1.58. The van der Waals surface area contributed by atoms with E-state index in [1.54, 1.807) is 7.11 Å². The van der Waals surface area contributed by atoms with Gasteiger partial charge in [0.05, 0.1) is 0 Å². The lowest BCUT2D eigenvalue weighted by Gasteiger charge is -2.13. The van der Waals surface area contributed by atoms with Gasteiger partial charge in [0.1, 0.15) is 6.23 Å². The van der Waals surface area contributed by atoms with E-state index in [0.29, 0.717) is 0 Å². The lowest BCUT2D eigenvalue weighted by molar-refractivity contribution is 0.108. The zero-order valence-electron chi connectivity index (χ0n) is 8.24. The van der Waals surface area contributed by atoms with Gasteiger partial charge >= 0.3 is 0 Å². The fraction of sp³-hybridized carbons (Fsp3) is 0.400. The van der Waals surface area contributed by atoms with Crippen LogP contribution in [-0.4, -0.2) is 13.9 Å². The molecule has 1 aliphatic rings. The molecule has 0 aliphatic carbocycles. The molecule has 1 aromatic rings. The summed E-state index contributed by atoms with van der Waals surface area (Å²) in [6.07, 6.45) is -0.413. The average Bonchev–Trinajstić information content (AvgIpc) is 2.62. The largest absolute Gasteiger partial charge is 0.454 e. The molecule has 0 amide bonds. The molecule has 0 aromatic heterocycles. The summed E-state index contributed by atoms with van der Waals surface area (Å²) in [6.45, 7) is 2.25. The third-order valence-electron chi connectivity index (χ3n) is 2.32. The summed E-state index contributed by atoms with van der Waals surface area (Å²) in [5, 5.41) is 0. The minimum absolute atomic E-state index is 0.278. The van der Waals surface area contributed by atoms with Gasteiger partial charge in [-0.2, -0.15) is 0 Å². The first-order valence-corrected chi connectivity index (χ1v) is 4.41. The molecule has 1 heterocycles. The molecule has 1 aliphatic heterocycles. The van der Waals surface area contributed by atoms with Crippen LogP contribution in [0.1, 0.15) is 17.4 Å². The Labute approximate surface area is 82.6 Å². The number of nitrogens with two attached hydrogens (primary N) is 1. The summed E-state index contributed by atoms with van der Waals surface area (Å²) >= 11 is 0. The SMILES string of the molecule is COC(N)c1cc2c(cc1C)OCO2. The van der Waals surface area contributed by atoms with Crippen molar-refractivity contribution in [2.24, 2.45) is 5.73 Å². The molecule has 1 aromatic carbocycles. The number of hydrogen-bond donors (Lipinski definition) is 1. The minimum atomic E-state index is -0.413. The highest BCUT2D eigenvalue weighted by Gasteiger charge is 2.18. The number of methoxy groups -OCH3 is 1. The molecule has 2 rings (SSSR count). The van der Waals surface area contributed by atoms with Crippen LogP contribution >= 0.6 is 0 Å². The Morgan fingerprint density at radius 1 is 1.36 bits per heavy atom. The maximum Gasteiger partial charge on any atom is 0.231 e. The third kappa shape index (κ3) is 1.42. The predicted octanol–water partition coefficient (Wildman–Crippen LogP) is 1.33. The third-order valence-corrected chi connectivity index (χ3v) is 2.32. The lowest BCUT2D eigenvalue weighted by atomic mass is 10.1. The average molecular weight is 195 g/mol.